The van der Waals surface area contributed by atoms with Gasteiger partial charge in [-0.15, -0.1) is 0 Å². The van der Waals surface area contributed by atoms with Gasteiger partial charge in [-0.2, -0.15) is 0 Å². The summed E-state index contributed by atoms with van der Waals surface area (Å²) in [6, 6.07) is 11.5. The Bertz CT molecular complexity index is 361. The molecule has 0 spiro atoms. The molecule has 1 atom stereocenters. The average molecular weight is 272 g/mol. The Morgan fingerprint density at radius 2 is 1.60 bits per heavy atom. The Balaban J connectivity index is 2.32. The zero-order chi connectivity index (χ0) is 14.3. The van der Waals surface area contributed by atoms with Crippen LogP contribution in [0.15, 0.2) is 30.3 Å². The van der Waals surface area contributed by atoms with Gasteiger partial charge >= 0.3 is 0 Å². The van der Waals surface area contributed by atoms with Gasteiger partial charge in [0, 0.05) is 0 Å². The van der Waals surface area contributed by atoms with Crippen molar-refractivity contribution in [2.75, 3.05) is 0 Å². The molecular formula is C20H32. The maximum Gasteiger partial charge on any atom is -0.00189 e. The molecule has 0 nitrogen and oxygen atoms in total. The summed E-state index contributed by atoms with van der Waals surface area (Å²) >= 11 is 0. The van der Waals surface area contributed by atoms with Crippen LogP contribution in [0.4, 0.5) is 0 Å². The van der Waals surface area contributed by atoms with E-state index in [-0.39, 0.29) is 0 Å². The van der Waals surface area contributed by atoms with Crippen LogP contribution in [0.25, 0.3) is 0 Å². The van der Waals surface area contributed by atoms with E-state index < -0.39 is 0 Å². The molecule has 0 radical (unpaired) electrons. The highest BCUT2D eigenvalue weighted by Crippen LogP contribution is 2.47. The Morgan fingerprint density at radius 3 is 2.20 bits per heavy atom. The minimum atomic E-state index is 0.465. The first kappa shape index (κ1) is 15.6. The third-order valence-corrected chi connectivity index (χ3v) is 5.41. The van der Waals surface area contributed by atoms with E-state index in [0.29, 0.717) is 5.41 Å². The summed E-state index contributed by atoms with van der Waals surface area (Å²) < 4.78 is 0. The summed E-state index contributed by atoms with van der Waals surface area (Å²) in [5, 5.41) is 0. The fourth-order valence-corrected chi connectivity index (χ4v) is 4.42. The van der Waals surface area contributed by atoms with E-state index in [1.807, 2.05) is 0 Å². The van der Waals surface area contributed by atoms with Crippen molar-refractivity contribution < 1.29 is 0 Å². The highest BCUT2D eigenvalue weighted by Gasteiger charge is 2.39. The Morgan fingerprint density at radius 1 is 0.900 bits per heavy atom. The predicted octanol–water partition coefficient (Wildman–Crippen LogP) is 6.50. The first-order chi connectivity index (χ1) is 9.83. The van der Waals surface area contributed by atoms with Crippen LogP contribution in [-0.4, -0.2) is 0 Å². The zero-order valence-electron chi connectivity index (χ0n) is 13.5. The van der Waals surface area contributed by atoms with Crippen LogP contribution in [-0.2, 0) is 5.41 Å². The number of rotatable bonds is 7. The fourth-order valence-electron chi connectivity index (χ4n) is 4.42. The molecule has 0 heterocycles. The van der Waals surface area contributed by atoms with Gasteiger partial charge in [-0.1, -0.05) is 82.7 Å². The molecule has 1 fully saturated rings. The highest BCUT2D eigenvalue weighted by atomic mass is 14.4. The van der Waals surface area contributed by atoms with Gasteiger partial charge in [0.1, 0.15) is 0 Å². The number of hydrogen-bond acceptors (Lipinski definition) is 0. The van der Waals surface area contributed by atoms with E-state index in [1.54, 1.807) is 5.56 Å². The number of unbranched alkanes of at least 4 members (excludes halogenated alkanes) is 1. The van der Waals surface area contributed by atoms with Gasteiger partial charge in [0.25, 0.3) is 0 Å². The van der Waals surface area contributed by atoms with E-state index in [4.69, 9.17) is 0 Å². The first-order valence-corrected chi connectivity index (χ1v) is 8.89. The monoisotopic (exact) mass is 272 g/mol. The molecule has 0 N–H and O–H groups in total. The van der Waals surface area contributed by atoms with Crippen molar-refractivity contribution in [1.82, 2.24) is 0 Å². The van der Waals surface area contributed by atoms with E-state index in [2.05, 4.69) is 44.2 Å². The minimum absolute atomic E-state index is 0.465. The predicted molar refractivity (Wildman–Crippen MR) is 89.1 cm³/mol. The molecule has 1 aromatic carbocycles. The molecule has 2 rings (SSSR count). The molecule has 1 aliphatic carbocycles. The summed E-state index contributed by atoms with van der Waals surface area (Å²) in [4.78, 5) is 0. The average Bonchev–Trinajstić information content (AvgIpc) is 2.53. The maximum absolute atomic E-state index is 2.40. The summed E-state index contributed by atoms with van der Waals surface area (Å²) in [6.07, 6.45) is 14.1. The van der Waals surface area contributed by atoms with Crippen LogP contribution in [0.3, 0.4) is 0 Å². The molecule has 0 aromatic heterocycles. The van der Waals surface area contributed by atoms with Crippen LogP contribution >= 0.6 is 0 Å². The highest BCUT2D eigenvalue weighted by molar-refractivity contribution is 5.27. The number of hydrogen-bond donors (Lipinski definition) is 0. The lowest BCUT2D eigenvalue weighted by atomic mass is 9.61. The van der Waals surface area contributed by atoms with E-state index in [1.165, 1.54) is 64.2 Å². The van der Waals surface area contributed by atoms with Crippen LogP contribution in [0.5, 0.6) is 0 Å². The molecule has 0 heteroatoms. The summed E-state index contributed by atoms with van der Waals surface area (Å²) in [5.41, 5.74) is 2.09. The third kappa shape index (κ3) is 3.45. The quantitative estimate of drug-likeness (QED) is 0.532. The summed E-state index contributed by atoms with van der Waals surface area (Å²) in [5.74, 6) is 0.921. The minimum Gasteiger partial charge on any atom is -0.0654 e. The SMILES string of the molecule is CCCCC(CCC)(c1ccccc1)C1CCCCC1. The van der Waals surface area contributed by atoms with Crippen molar-refractivity contribution in [3.05, 3.63) is 35.9 Å². The van der Waals surface area contributed by atoms with Crippen molar-refractivity contribution in [3.8, 4) is 0 Å². The van der Waals surface area contributed by atoms with Gasteiger partial charge in [0.15, 0.2) is 0 Å². The van der Waals surface area contributed by atoms with Crippen LogP contribution in [0.1, 0.15) is 83.6 Å². The molecular weight excluding hydrogens is 240 g/mol. The first-order valence-electron chi connectivity index (χ1n) is 8.89. The van der Waals surface area contributed by atoms with Gasteiger partial charge in [-0.05, 0) is 42.6 Å². The van der Waals surface area contributed by atoms with Crippen LogP contribution < -0.4 is 0 Å². The Labute approximate surface area is 126 Å². The van der Waals surface area contributed by atoms with Gasteiger partial charge < -0.3 is 0 Å². The fraction of sp³-hybridized carbons (Fsp3) is 0.700. The second-order valence-electron chi connectivity index (χ2n) is 6.71. The van der Waals surface area contributed by atoms with Crippen molar-refractivity contribution in [1.29, 1.82) is 0 Å². The molecule has 1 unspecified atom stereocenters. The van der Waals surface area contributed by atoms with Gasteiger partial charge in [-0.3, -0.25) is 0 Å². The summed E-state index contributed by atoms with van der Waals surface area (Å²) in [6.45, 7) is 4.70. The van der Waals surface area contributed by atoms with Crippen LogP contribution in [0.2, 0.25) is 0 Å². The molecule has 0 amide bonds. The van der Waals surface area contributed by atoms with Crippen molar-refractivity contribution in [2.45, 2.75) is 83.5 Å². The van der Waals surface area contributed by atoms with E-state index in [9.17, 15) is 0 Å². The Kier molecular flexibility index (Phi) is 6.13. The summed E-state index contributed by atoms with van der Waals surface area (Å²) in [7, 11) is 0. The molecule has 1 aliphatic rings. The maximum atomic E-state index is 2.40. The normalized spacial score (nSPS) is 19.7. The molecule has 0 aliphatic heterocycles. The second kappa shape index (κ2) is 7.86. The smallest absolute Gasteiger partial charge is 0.00189 e. The largest absolute Gasteiger partial charge is 0.0654 e. The molecule has 0 bridgehead atoms. The lowest BCUT2D eigenvalue weighted by Crippen LogP contribution is -2.36. The standard InChI is InChI=1S/C20H32/c1-3-5-17-20(16-4-2,18-12-8-6-9-13-18)19-14-10-7-11-15-19/h6,8-9,12-13,19H,3-5,7,10-11,14-17H2,1-2H3. The van der Waals surface area contributed by atoms with Crippen molar-refractivity contribution in [3.63, 3.8) is 0 Å². The molecule has 1 aromatic rings. The second-order valence-corrected chi connectivity index (χ2v) is 6.71. The lowest BCUT2D eigenvalue weighted by molar-refractivity contribution is 0.170. The Hall–Kier alpha value is -0.780. The molecule has 20 heavy (non-hydrogen) atoms. The van der Waals surface area contributed by atoms with Crippen molar-refractivity contribution in [2.24, 2.45) is 5.92 Å². The number of benzene rings is 1. The van der Waals surface area contributed by atoms with Gasteiger partial charge in [0.2, 0.25) is 0 Å². The van der Waals surface area contributed by atoms with Crippen molar-refractivity contribution >= 4 is 0 Å². The van der Waals surface area contributed by atoms with Crippen LogP contribution in [0, 0.1) is 5.92 Å². The zero-order valence-corrected chi connectivity index (χ0v) is 13.5. The van der Waals surface area contributed by atoms with Gasteiger partial charge in [0.05, 0.1) is 0 Å². The van der Waals surface area contributed by atoms with Gasteiger partial charge in [-0.25, -0.2) is 0 Å². The third-order valence-electron chi connectivity index (χ3n) is 5.41. The van der Waals surface area contributed by atoms with E-state index in [0.717, 1.165) is 5.92 Å². The topological polar surface area (TPSA) is 0 Å². The molecule has 1 saturated carbocycles. The van der Waals surface area contributed by atoms with E-state index >= 15 is 0 Å². The molecule has 112 valence electrons. The molecule has 0 saturated heterocycles. The lowest BCUT2D eigenvalue weighted by Gasteiger charge is -2.44.